The molecule has 0 saturated heterocycles. The van der Waals surface area contributed by atoms with E-state index in [-0.39, 0.29) is 22.8 Å². The highest BCUT2D eigenvalue weighted by atomic mass is 27.0. The van der Waals surface area contributed by atoms with Crippen LogP contribution in [0.2, 0.25) is 0 Å². The van der Waals surface area contributed by atoms with Crippen LogP contribution in [0.1, 0.15) is 110 Å². The molecule has 0 aliphatic heterocycles. The first-order chi connectivity index (χ1) is 9.77. The summed E-state index contributed by atoms with van der Waals surface area (Å²) in [7, 11) is 0. The second-order valence-electron chi connectivity index (χ2n) is 6.09. The van der Waals surface area contributed by atoms with Crippen molar-refractivity contribution < 1.29 is 15.4 Å². The fourth-order valence-corrected chi connectivity index (χ4v) is 2.65. The van der Waals surface area contributed by atoms with Crippen LogP contribution in [0.3, 0.4) is 0 Å². The van der Waals surface area contributed by atoms with Crippen LogP contribution in [0, 0.1) is 0 Å². The molecule has 0 heterocycles. The van der Waals surface area contributed by atoms with Crippen LogP contribution in [0.25, 0.3) is 0 Å². The zero-order valence-electron chi connectivity index (χ0n) is 14.2. The lowest BCUT2D eigenvalue weighted by atomic mass is 10.0. The molecular formula is C18H41AlO3. The van der Waals surface area contributed by atoms with E-state index < -0.39 is 5.97 Å². The SMILES string of the molecule is CCCCCCCCCCCCCCCCCC(=O)O.O.[AlH3]. The number of unbranched alkanes of at least 4 members (excludes halogenated alkanes) is 14. The highest BCUT2D eigenvalue weighted by Crippen LogP contribution is 2.13. The molecule has 0 amide bonds. The Bertz CT molecular complexity index is 211. The molecule has 0 aromatic carbocycles. The van der Waals surface area contributed by atoms with E-state index in [1.807, 2.05) is 0 Å². The van der Waals surface area contributed by atoms with Crippen LogP contribution in [0.5, 0.6) is 0 Å². The minimum Gasteiger partial charge on any atom is -0.481 e. The third-order valence-electron chi connectivity index (χ3n) is 3.99. The summed E-state index contributed by atoms with van der Waals surface area (Å²) in [6, 6.07) is 0. The molecule has 0 fully saturated rings. The molecule has 0 aromatic heterocycles. The van der Waals surface area contributed by atoms with E-state index in [1.165, 1.54) is 83.5 Å². The molecule has 3 N–H and O–H groups in total. The van der Waals surface area contributed by atoms with Gasteiger partial charge in [-0.3, -0.25) is 4.79 Å². The van der Waals surface area contributed by atoms with Gasteiger partial charge < -0.3 is 10.6 Å². The minimum absolute atomic E-state index is 0. The Morgan fingerprint density at radius 3 is 1.18 bits per heavy atom. The summed E-state index contributed by atoms with van der Waals surface area (Å²) in [6.07, 6.45) is 20.2. The Labute approximate surface area is 148 Å². The third-order valence-corrected chi connectivity index (χ3v) is 3.99. The van der Waals surface area contributed by atoms with Gasteiger partial charge in [0.15, 0.2) is 17.4 Å². The van der Waals surface area contributed by atoms with Crippen molar-refractivity contribution >= 4 is 23.3 Å². The van der Waals surface area contributed by atoms with Gasteiger partial charge >= 0.3 is 5.97 Å². The molecule has 0 unspecified atom stereocenters. The van der Waals surface area contributed by atoms with E-state index in [0.29, 0.717) is 6.42 Å². The predicted molar refractivity (Wildman–Crippen MR) is 101 cm³/mol. The van der Waals surface area contributed by atoms with Crippen molar-refractivity contribution in [2.45, 2.75) is 110 Å². The third kappa shape index (κ3) is 24.9. The molecular weight excluding hydrogens is 291 g/mol. The molecule has 134 valence electrons. The van der Waals surface area contributed by atoms with E-state index in [4.69, 9.17) is 5.11 Å². The van der Waals surface area contributed by atoms with Crippen molar-refractivity contribution in [2.75, 3.05) is 0 Å². The summed E-state index contributed by atoms with van der Waals surface area (Å²) in [4.78, 5) is 10.3. The van der Waals surface area contributed by atoms with Crippen molar-refractivity contribution in [1.82, 2.24) is 0 Å². The van der Waals surface area contributed by atoms with Crippen molar-refractivity contribution in [3.8, 4) is 0 Å². The maximum atomic E-state index is 10.3. The highest BCUT2D eigenvalue weighted by molar-refractivity contribution is 5.75. The summed E-state index contributed by atoms with van der Waals surface area (Å²) in [5, 5.41) is 8.52. The largest absolute Gasteiger partial charge is 0.481 e. The van der Waals surface area contributed by atoms with Crippen LogP contribution in [0.15, 0.2) is 0 Å². The molecule has 0 aromatic rings. The van der Waals surface area contributed by atoms with Crippen molar-refractivity contribution in [3.63, 3.8) is 0 Å². The Morgan fingerprint density at radius 1 is 0.636 bits per heavy atom. The first kappa shape index (κ1) is 26.8. The van der Waals surface area contributed by atoms with Gasteiger partial charge in [0.25, 0.3) is 0 Å². The molecule has 0 bridgehead atoms. The lowest BCUT2D eigenvalue weighted by Gasteiger charge is -2.03. The Hall–Kier alpha value is -0.0375. The molecule has 0 aliphatic rings. The molecule has 3 nitrogen and oxygen atoms in total. The molecule has 4 heteroatoms. The number of carboxylic acid groups (broad SMARTS) is 1. The second-order valence-corrected chi connectivity index (χ2v) is 6.09. The Balaban J connectivity index is -0.00000180. The monoisotopic (exact) mass is 332 g/mol. The number of carbonyl (C=O) groups is 1. The smallest absolute Gasteiger partial charge is 0.303 e. The summed E-state index contributed by atoms with van der Waals surface area (Å²) in [6.45, 7) is 2.27. The van der Waals surface area contributed by atoms with Gasteiger partial charge in [-0.05, 0) is 6.42 Å². The number of rotatable bonds is 16. The summed E-state index contributed by atoms with van der Waals surface area (Å²) in [5.41, 5.74) is 0. The maximum Gasteiger partial charge on any atom is 0.303 e. The van der Waals surface area contributed by atoms with Gasteiger partial charge in [-0.15, -0.1) is 0 Å². The van der Waals surface area contributed by atoms with Crippen LogP contribution in [-0.2, 0) is 4.79 Å². The average Bonchev–Trinajstić information content (AvgIpc) is 2.43. The van der Waals surface area contributed by atoms with E-state index >= 15 is 0 Å². The number of aliphatic carboxylic acids is 1. The Kier molecular flexibility index (Phi) is 28.3. The van der Waals surface area contributed by atoms with Gasteiger partial charge in [-0.2, -0.15) is 0 Å². The zero-order valence-corrected chi connectivity index (χ0v) is 14.2. The lowest BCUT2D eigenvalue weighted by molar-refractivity contribution is -0.137. The summed E-state index contributed by atoms with van der Waals surface area (Å²) < 4.78 is 0. The van der Waals surface area contributed by atoms with Crippen LogP contribution >= 0.6 is 0 Å². The van der Waals surface area contributed by atoms with Gasteiger partial charge in [0, 0.05) is 6.42 Å². The molecule has 0 radical (unpaired) electrons. The van der Waals surface area contributed by atoms with Crippen LogP contribution in [-0.4, -0.2) is 33.9 Å². The van der Waals surface area contributed by atoms with Crippen molar-refractivity contribution in [2.24, 2.45) is 0 Å². The van der Waals surface area contributed by atoms with Crippen LogP contribution < -0.4 is 0 Å². The average molecular weight is 333 g/mol. The molecule has 22 heavy (non-hydrogen) atoms. The van der Waals surface area contributed by atoms with E-state index in [9.17, 15) is 4.79 Å². The van der Waals surface area contributed by atoms with Crippen LogP contribution in [0.4, 0.5) is 0 Å². The highest BCUT2D eigenvalue weighted by Gasteiger charge is 1.97. The fourth-order valence-electron chi connectivity index (χ4n) is 2.65. The van der Waals surface area contributed by atoms with Gasteiger partial charge in [0.1, 0.15) is 0 Å². The van der Waals surface area contributed by atoms with Gasteiger partial charge in [-0.1, -0.05) is 96.8 Å². The molecule has 0 spiro atoms. The first-order valence-corrected chi connectivity index (χ1v) is 8.99. The zero-order chi connectivity index (χ0) is 14.9. The van der Waals surface area contributed by atoms with Crippen molar-refractivity contribution in [3.05, 3.63) is 0 Å². The molecule has 0 atom stereocenters. The second kappa shape index (κ2) is 23.2. The quantitative estimate of drug-likeness (QED) is 0.338. The number of hydrogen-bond acceptors (Lipinski definition) is 1. The van der Waals surface area contributed by atoms with E-state index in [0.717, 1.165) is 12.8 Å². The van der Waals surface area contributed by atoms with Gasteiger partial charge in [-0.25, -0.2) is 0 Å². The van der Waals surface area contributed by atoms with Gasteiger partial charge in [0.2, 0.25) is 0 Å². The Morgan fingerprint density at radius 2 is 0.909 bits per heavy atom. The van der Waals surface area contributed by atoms with E-state index in [1.54, 1.807) is 0 Å². The minimum atomic E-state index is -0.653. The predicted octanol–water partition coefficient (Wildman–Crippen LogP) is 4.32. The fraction of sp³-hybridized carbons (Fsp3) is 0.944. The van der Waals surface area contributed by atoms with Gasteiger partial charge in [0.05, 0.1) is 0 Å². The topological polar surface area (TPSA) is 68.8 Å². The summed E-state index contributed by atoms with van der Waals surface area (Å²) in [5.74, 6) is -0.653. The molecule has 0 aliphatic carbocycles. The lowest BCUT2D eigenvalue weighted by Crippen LogP contribution is -1.93. The maximum absolute atomic E-state index is 10.3. The number of carboxylic acids is 1. The normalized spacial score (nSPS) is 9.86. The standard InChI is InChI=1S/C18H36O2.Al.H2O.3H/c1-2-3-4-5-6-7-8-9-10-11-12-13-14-15-16-17-18(19)20;;;;;/h2-17H2,1H3,(H,19,20);;1H2;;;. The number of hydrogen-bond donors (Lipinski definition) is 1. The summed E-state index contributed by atoms with van der Waals surface area (Å²) >= 11 is 0. The van der Waals surface area contributed by atoms with E-state index in [2.05, 4.69) is 6.92 Å². The molecule has 0 saturated carbocycles. The molecule has 0 rings (SSSR count). The van der Waals surface area contributed by atoms with Crippen molar-refractivity contribution in [1.29, 1.82) is 0 Å². The first-order valence-electron chi connectivity index (χ1n) is 8.99.